The lowest BCUT2D eigenvalue weighted by atomic mass is 9.95. The summed E-state index contributed by atoms with van der Waals surface area (Å²) in [5.41, 5.74) is 1.79. The summed E-state index contributed by atoms with van der Waals surface area (Å²) in [6.07, 6.45) is 3.17. The Morgan fingerprint density at radius 1 is 1.11 bits per heavy atom. The van der Waals surface area contributed by atoms with Crippen molar-refractivity contribution in [3.8, 4) is 0 Å². The fourth-order valence-electron chi connectivity index (χ4n) is 2.77. The average Bonchev–Trinajstić information content (AvgIpc) is 3.21. The van der Waals surface area contributed by atoms with E-state index in [0.717, 1.165) is 19.3 Å². The molecular weight excluding hydrogens is 362 g/mol. The third kappa shape index (κ3) is 4.63. The van der Waals surface area contributed by atoms with Crippen LogP contribution in [0.2, 0.25) is 0 Å². The molecule has 0 aliphatic heterocycles. The molecule has 0 radical (unpaired) electrons. The maximum atomic E-state index is 12.3. The molecule has 1 aromatic heterocycles. The summed E-state index contributed by atoms with van der Waals surface area (Å²) >= 11 is 1.46. The lowest BCUT2D eigenvalue weighted by molar-refractivity contribution is -0.123. The van der Waals surface area contributed by atoms with E-state index in [9.17, 15) is 14.4 Å². The molecule has 142 valence electrons. The second kappa shape index (κ2) is 7.64. The number of thiophene rings is 1. The fraction of sp³-hybridized carbons (Fsp3) is 0.381. The molecule has 0 saturated heterocycles. The van der Waals surface area contributed by atoms with Gasteiger partial charge in [-0.2, -0.15) is 0 Å². The molecule has 5 nitrogen and oxygen atoms in total. The Hall–Kier alpha value is -2.47. The van der Waals surface area contributed by atoms with Crippen LogP contribution in [-0.2, 0) is 22.4 Å². The van der Waals surface area contributed by atoms with Crippen molar-refractivity contribution in [3.63, 3.8) is 0 Å². The minimum atomic E-state index is -0.495. The van der Waals surface area contributed by atoms with Crippen molar-refractivity contribution in [1.82, 2.24) is 0 Å². The Kier molecular flexibility index (Phi) is 5.46. The van der Waals surface area contributed by atoms with Crippen LogP contribution in [0.25, 0.3) is 0 Å². The molecule has 1 heterocycles. The molecular formula is C21H23NO4S. The van der Waals surface area contributed by atoms with Gasteiger partial charge in [0.05, 0.1) is 0 Å². The predicted octanol–water partition coefficient (Wildman–Crippen LogP) is 4.26. The molecule has 0 atom stereocenters. The number of nitrogens with one attached hydrogen (secondary N) is 1. The first-order valence-electron chi connectivity index (χ1n) is 8.97. The summed E-state index contributed by atoms with van der Waals surface area (Å²) < 4.78 is 5.17. The zero-order chi connectivity index (χ0) is 19.6. The van der Waals surface area contributed by atoms with Gasteiger partial charge in [0.1, 0.15) is 4.88 Å². The summed E-state index contributed by atoms with van der Waals surface area (Å²) in [5, 5.41) is 2.80. The van der Waals surface area contributed by atoms with E-state index in [4.69, 9.17) is 4.74 Å². The number of Topliss-reactive ketones (excluding diaryl/α,β-unsaturated/α-hetero) is 1. The highest BCUT2D eigenvalue weighted by atomic mass is 32.1. The SMILES string of the molecule is CC(C)(C)C(=O)Nc1ccc(C(=O)COC(=O)c2cc3c(s2)CCC3)cc1. The number of hydrogen-bond acceptors (Lipinski definition) is 5. The summed E-state index contributed by atoms with van der Waals surface area (Å²) in [7, 11) is 0. The minimum Gasteiger partial charge on any atom is -0.453 e. The Morgan fingerprint density at radius 3 is 2.44 bits per heavy atom. The van der Waals surface area contributed by atoms with Gasteiger partial charge in [-0.25, -0.2) is 4.79 Å². The summed E-state index contributed by atoms with van der Waals surface area (Å²) in [5.74, 6) is -0.823. The van der Waals surface area contributed by atoms with Gasteiger partial charge in [0.25, 0.3) is 0 Å². The lowest BCUT2D eigenvalue weighted by Gasteiger charge is -2.17. The predicted molar refractivity (Wildman–Crippen MR) is 105 cm³/mol. The number of ether oxygens (including phenoxy) is 1. The summed E-state index contributed by atoms with van der Waals surface area (Å²) in [6, 6.07) is 8.46. The number of fused-ring (bicyclic) bond motifs is 1. The highest BCUT2D eigenvalue weighted by molar-refractivity contribution is 7.14. The normalized spacial score (nSPS) is 13.1. The van der Waals surface area contributed by atoms with Crippen molar-refractivity contribution in [2.45, 2.75) is 40.0 Å². The van der Waals surface area contributed by atoms with Crippen molar-refractivity contribution >= 4 is 34.7 Å². The molecule has 1 aliphatic rings. The second-order valence-electron chi connectivity index (χ2n) is 7.69. The zero-order valence-electron chi connectivity index (χ0n) is 15.8. The van der Waals surface area contributed by atoms with E-state index >= 15 is 0 Å². The van der Waals surface area contributed by atoms with Crippen molar-refractivity contribution in [2.24, 2.45) is 5.41 Å². The fourth-order valence-corrected chi connectivity index (χ4v) is 3.92. The van der Waals surface area contributed by atoms with E-state index in [0.29, 0.717) is 16.1 Å². The van der Waals surface area contributed by atoms with Crippen LogP contribution in [0.3, 0.4) is 0 Å². The van der Waals surface area contributed by atoms with E-state index < -0.39 is 11.4 Å². The maximum absolute atomic E-state index is 12.3. The molecule has 6 heteroatoms. The quantitative estimate of drug-likeness (QED) is 0.616. The number of carbonyl (C=O) groups excluding carboxylic acids is 3. The summed E-state index contributed by atoms with van der Waals surface area (Å²) in [6.45, 7) is 5.19. The Bertz CT molecular complexity index is 853. The van der Waals surface area contributed by atoms with Crippen LogP contribution < -0.4 is 5.32 Å². The van der Waals surface area contributed by atoms with Crippen LogP contribution in [-0.4, -0.2) is 24.3 Å². The van der Waals surface area contributed by atoms with Gasteiger partial charge in [0.15, 0.2) is 12.4 Å². The summed E-state index contributed by atoms with van der Waals surface area (Å²) in [4.78, 5) is 38.2. The molecule has 1 amide bonds. The largest absolute Gasteiger partial charge is 0.453 e. The van der Waals surface area contributed by atoms with Gasteiger partial charge >= 0.3 is 5.97 Å². The molecule has 0 unspecified atom stereocenters. The number of ketones is 1. The molecule has 0 saturated carbocycles. The Balaban J connectivity index is 1.54. The smallest absolute Gasteiger partial charge is 0.348 e. The number of rotatable bonds is 5. The third-order valence-corrected chi connectivity index (χ3v) is 5.65. The molecule has 1 aromatic carbocycles. The maximum Gasteiger partial charge on any atom is 0.348 e. The number of anilines is 1. The highest BCUT2D eigenvalue weighted by Gasteiger charge is 2.22. The van der Waals surface area contributed by atoms with E-state index in [-0.39, 0.29) is 18.3 Å². The van der Waals surface area contributed by atoms with Gasteiger partial charge in [-0.3, -0.25) is 9.59 Å². The monoisotopic (exact) mass is 385 g/mol. The topological polar surface area (TPSA) is 72.5 Å². The molecule has 3 rings (SSSR count). The van der Waals surface area contributed by atoms with Gasteiger partial charge < -0.3 is 10.1 Å². The third-order valence-electron chi connectivity index (χ3n) is 4.43. The molecule has 1 N–H and O–H groups in total. The van der Waals surface area contributed by atoms with Crippen molar-refractivity contribution in [3.05, 3.63) is 51.2 Å². The van der Waals surface area contributed by atoms with Gasteiger partial charge in [-0.15, -0.1) is 11.3 Å². The lowest BCUT2D eigenvalue weighted by Crippen LogP contribution is -2.27. The highest BCUT2D eigenvalue weighted by Crippen LogP contribution is 2.31. The van der Waals surface area contributed by atoms with Crippen LogP contribution >= 0.6 is 11.3 Å². The molecule has 27 heavy (non-hydrogen) atoms. The molecule has 0 spiro atoms. The van der Waals surface area contributed by atoms with Gasteiger partial charge in [-0.1, -0.05) is 20.8 Å². The van der Waals surface area contributed by atoms with E-state index in [2.05, 4.69) is 5.32 Å². The number of esters is 1. The first-order chi connectivity index (χ1) is 12.7. The van der Waals surface area contributed by atoms with Gasteiger partial charge in [0.2, 0.25) is 5.91 Å². The van der Waals surface area contributed by atoms with Crippen LogP contribution in [0.15, 0.2) is 30.3 Å². The first kappa shape index (κ1) is 19.3. The standard InChI is InChI=1S/C21H23NO4S/c1-21(2,3)20(25)22-15-9-7-13(8-10-15)16(23)12-26-19(24)18-11-14-5-4-6-17(14)27-18/h7-11H,4-6,12H2,1-3H3,(H,22,25). The first-order valence-corrected chi connectivity index (χ1v) is 9.79. The second-order valence-corrected chi connectivity index (χ2v) is 8.83. The van der Waals surface area contributed by atoms with Crippen molar-refractivity contribution in [1.29, 1.82) is 0 Å². The zero-order valence-corrected chi connectivity index (χ0v) is 16.6. The molecule has 1 aliphatic carbocycles. The van der Waals surface area contributed by atoms with Gasteiger partial charge in [0, 0.05) is 21.5 Å². The van der Waals surface area contributed by atoms with Crippen molar-refractivity contribution in [2.75, 3.05) is 11.9 Å². The molecule has 2 aromatic rings. The molecule has 0 fully saturated rings. The van der Waals surface area contributed by atoms with E-state index in [1.54, 1.807) is 24.3 Å². The number of amides is 1. The van der Waals surface area contributed by atoms with E-state index in [1.807, 2.05) is 26.8 Å². The van der Waals surface area contributed by atoms with Crippen molar-refractivity contribution < 1.29 is 19.1 Å². The molecule has 0 bridgehead atoms. The number of benzene rings is 1. The Morgan fingerprint density at radius 2 is 1.81 bits per heavy atom. The van der Waals surface area contributed by atoms with E-state index in [1.165, 1.54) is 21.8 Å². The average molecular weight is 385 g/mol. The van der Waals surface area contributed by atoms with Crippen LogP contribution in [0, 0.1) is 5.41 Å². The Labute approximate surface area is 162 Å². The van der Waals surface area contributed by atoms with Crippen LogP contribution in [0.4, 0.5) is 5.69 Å². The number of carbonyl (C=O) groups is 3. The number of aryl methyl sites for hydroxylation is 2. The van der Waals surface area contributed by atoms with Gasteiger partial charge in [-0.05, 0) is 55.2 Å². The van der Waals surface area contributed by atoms with Crippen LogP contribution in [0.5, 0.6) is 0 Å². The minimum absolute atomic E-state index is 0.0987. The van der Waals surface area contributed by atoms with Crippen LogP contribution in [0.1, 0.15) is 57.7 Å². The number of hydrogen-bond donors (Lipinski definition) is 1.